The number of nitrogens with zero attached hydrogens (tertiary/aromatic N) is 3. The highest BCUT2D eigenvalue weighted by Gasteiger charge is 2.41. The molecule has 0 bridgehead atoms. The number of rotatable bonds is 10. The van der Waals surface area contributed by atoms with E-state index in [1.165, 1.54) is 6.07 Å². The maximum absolute atomic E-state index is 14.4. The second kappa shape index (κ2) is 21.8. The molecule has 0 fully saturated rings. The smallest absolute Gasteiger partial charge is 0.261 e. The van der Waals surface area contributed by atoms with Crippen molar-refractivity contribution in [2.75, 3.05) is 40.9 Å². The molecule has 0 saturated carbocycles. The minimum Gasteiger partial charge on any atom is -0.489 e. The van der Waals surface area contributed by atoms with Gasteiger partial charge in [0.05, 0.1) is 40.8 Å². The van der Waals surface area contributed by atoms with Gasteiger partial charge in [0.25, 0.3) is 17.7 Å². The molecule has 59 heavy (non-hydrogen) atoms. The van der Waals surface area contributed by atoms with E-state index in [-0.39, 0.29) is 46.2 Å². The predicted octanol–water partition coefficient (Wildman–Crippen LogP) is 9.39. The summed E-state index contributed by atoms with van der Waals surface area (Å²) in [5.41, 5.74) is 4.74. The first-order valence-corrected chi connectivity index (χ1v) is 20.9. The zero-order valence-electron chi connectivity index (χ0n) is 33.8. The second-order valence-corrected chi connectivity index (χ2v) is 15.8. The number of ether oxygens (including phenoxy) is 3. The Balaban J connectivity index is 0.000000200. The number of anilines is 3. The van der Waals surface area contributed by atoms with Gasteiger partial charge < -0.3 is 24.0 Å². The molecule has 0 spiro atoms. The third-order valence-electron chi connectivity index (χ3n) is 9.82. The Labute approximate surface area is 365 Å². The van der Waals surface area contributed by atoms with Crippen LogP contribution < -0.4 is 24.2 Å². The number of methoxy groups -OCH3 is 1. The zero-order chi connectivity index (χ0) is 43.6. The van der Waals surface area contributed by atoms with Crippen molar-refractivity contribution in [1.82, 2.24) is 0 Å². The number of terminal acetylenes is 1. The lowest BCUT2D eigenvalue weighted by atomic mass is 9.93. The first kappa shape index (κ1) is 47.4. The highest BCUT2D eigenvalue weighted by atomic mass is 35.5. The number of hydrogen-bond acceptors (Lipinski definition) is 7. The largest absolute Gasteiger partial charge is 0.489 e. The van der Waals surface area contributed by atoms with Crippen molar-refractivity contribution in [1.29, 1.82) is 0 Å². The summed E-state index contributed by atoms with van der Waals surface area (Å²) in [6.45, 7) is 10.5. The number of hydrogen-bond donors (Lipinski definition) is 0. The molecule has 0 saturated heterocycles. The summed E-state index contributed by atoms with van der Waals surface area (Å²) in [5, 5.41) is 0.0233. The van der Waals surface area contributed by atoms with Crippen molar-refractivity contribution in [3.63, 3.8) is 0 Å². The quantitative estimate of drug-likeness (QED) is 0.114. The third-order valence-corrected chi connectivity index (χ3v) is 10.7. The SMILES string of the molecule is C#CC(C)Oc1cc(N2C(=O)C3=C(CCCC3)C2=O)c(F)cc1Cl.CC1COc2ccccc2N1C(=O)C(Cl)Cl.CCc1cccc(C)c1N(C(=O)CCl)C(C)COC. The number of alkyl halides is 3. The van der Waals surface area contributed by atoms with Crippen molar-refractivity contribution in [3.8, 4) is 23.8 Å². The van der Waals surface area contributed by atoms with Crippen molar-refractivity contribution in [3.05, 3.63) is 87.7 Å². The van der Waals surface area contributed by atoms with E-state index in [2.05, 4.69) is 18.9 Å². The maximum atomic E-state index is 14.4. The average molecular weight is 892 g/mol. The number of carbonyl (C=O) groups excluding carboxylic acids is 4. The summed E-state index contributed by atoms with van der Waals surface area (Å²) < 4.78 is 30.5. The van der Waals surface area contributed by atoms with Gasteiger partial charge in [-0.3, -0.25) is 19.2 Å². The number of benzene rings is 3. The van der Waals surface area contributed by atoms with Crippen molar-refractivity contribution < 1.29 is 37.8 Å². The molecule has 3 aromatic carbocycles. The lowest BCUT2D eigenvalue weighted by Gasteiger charge is -2.35. The second-order valence-electron chi connectivity index (χ2n) is 14.0. The molecule has 0 N–H and O–H groups in total. The summed E-state index contributed by atoms with van der Waals surface area (Å²) in [6, 6.07) is 15.6. The Kier molecular flexibility index (Phi) is 17.5. The molecule has 15 heteroatoms. The first-order chi connectivity index (χ1) is 28.1. The summed E-state index contributed by atoms with van der Waals surface area (Å²) in [4.78, 5) is 52.3. The monoisotopic (exact) mass is 889 g/mol. The van der Waals surface area contributed by atoms with Crippen LogP contribution in [0.15, 0.2) is 65.7 Å². The highest BCUT2D eigenvalue weighted by Crippen LogP contribution is 2.40. The lowest BCUT2D eigenvalue weighted by molar-refractivity contribution is -0.121. The molecule has 1 aliphatic carbocycles. The molecular formula is C44H48Cl4FN3O7. The van der Waals surface area contributed by atoms with E-state index in [4.69, 9.17) is 67.0 Å². The van der Waals surface area contributed by atoms with Gasteiger partial charge in [0.15, 0.2) is 10.9 Å². The Morgan fingerprint density at radius 2 is 1.68 bits per heavy atom. The number of imide groups is 1. The van der Waals surface area contributed by atoms with Crippen LogP contribution in [0.2, 0.25) is 5.02 Å². The van der Waals surface area contributed by atoms with E-state index in [1.807, 2.05) is 57.2 Å². The van der Waals surface area contributed by atoms with Gasteiger partial charge in [-0.2, -0.15) is 0 Å². The van der Waals surface area contributed by atoms with Gasteiger partial charge in [-0.1, -0.05) is 78.0 Å². The van der Waals surface area contributed by atoms with Crippen molar-refractivity contribution in [2.24, 2.45) is 0 Å². The van der Waals surface area contributed by atoms with Crippen LogP contribution in [0.25, 0.3) is 0 Å². The fourth-order valence-corrected chi connectivity index (χ4v) is 7.56. The van der Waals surface area contributed by atoms with E-state index >= 15 is 0 Å². The summed E-state index contributed by atoms with van der Waals surface area (Å²) >= 11 is 23.0. The summed E-state index contributed by atoms with van der Waals surface area (Å²) in [7, 11) is 1.64. The first-order valence-electron chi connectivity index (χ1n) is 19.1. The Morgan fingerprint density at radius 3 is 2.25 bits per heavy atom. The molecule has 3 atom stereocenters. The van der Waals surface area contributed by atoms with Crippen molar-refractivity contribution in [2.45, 2.75) is 89.7 Å². The van der Waals surface area contributed by atoms with Gasteiger partial charge in [0.1, 0.15) is 29.8 Å². The Hall–Kier alpha value is -4.31. The molecular weight excluding hydrogens is 843 g/mol. The number of halogens is 5. The van der Waals surface area contributed by atoms with Crippen LogP contribution in [-0.4, -0.2) is 72.9 Å². The molecule has 4 amide bonds. The summed E-state index contributed by atoms with van der Waals surface area (Å²) in [6.07, 6.45) is 8.35. The zero-order valence-corrected chi connectivity index (χ0v) is 36.9. The number of amides is 4. The minimum absolute atomic E-state index is 0.0223. The normalized spacial score (nSPS) is 16.7. The average Bonchev–Trinajstić information content (AvgIpc) is 3.48. The minimum atomic E-state index is -1.05. The number of carbonyl (C=O) groups is 4. The van der Waals surface area contributed by atoms with E-state index < -0.39 is 28.6 Å². The van der Waals surface area contributed by atoms with Crippen LogP contribution in [0.4, 0.5) is 21.5 Å². The number of para-hydroxylation sites is 3. The van der Waals surface area contributed by atoms with Crippen LogP contribution in [0.5, 0.6) is 11.5 Å². The van der Waals surface area contributed by atoms with Crippen molar-refractivity contribution >= 4 is 87.1 Å². The van der Waals surface area contributed by atoms with E-state index in [0.717, 1.165) is 52.7 Å². The van der Waals surface area contributed by atoms with Gasteiger partial charge >= 0.3 is 0 Å². The topological polar surface area (TPSA) is 106 Å². The van der Waals surface area contributed by atoms with E-state index in [0.29, 0.717) is 43.0 Å². The van der Waals surface area contributed by atoms with Gasteiger partial charge in [-0.25, -0.2) is 9.29 Å². The Bertz CT molecular complexity index is 2080. The molecule has 2 heterocycles. The molecule has 10 nitrogen and oxygen atoms in total. The van der Waals surface area contributed by atoms with Gasteiger partial charge in [-0.05, 0) is 89.1 Å². The molecule has 2 aliphatic heterocycles. The summed E-state index contributed by atoms with van der Waals surface area (Å²) in [5.74, 6) is 1.07. The molecule has 316 valence electrons. The van der Waals surface area contributed by atoms with Gasteiger partial charge in [0, 0.05) is 24.3 Å². The highest BCUT2D eigenvalue weighted by molar-refractivity contribution is 6.54. The third kappa shape index (κ3) is 11.1. The Morgan fingerprint density at radius 1 is 1.03 bits per heavy atom. The number of aryl methyl sites for hydroxylation is 2. The number of fused-ring (bicyclic) bond motifs is 1. The standard InChI is InChI=1S/C18H15ClFNO3.C15H22ClNO2.C11H11Cl2NO2/c1-3-10(2)24-16-9-15(14(20)8-13(16)19)21-17(22)11-6-4-5-7-12(11)18(21)23;1-5-13-8-6-7-11(2)15(13)17(14(18)9-16)12(3)10-19-4;1-7-6-16-9-5-3-2-4-8(9)14(7)11(15)10(12)13/h1,8-10H,4-7H2,2H3;6-8,12H,5,9-10H2,1-4H3;2-5,7,10H,6H2,1H3. The molecule has 3 unspecified atom stereocenters. The van der Waals surface area contributed by atoms with E-state index in [9.17, 15) is 23.6 Å². The van der Waals surface area contributed by atoms with Crippen LogP contribution >= 0.6 is 46.4 Å². The maximum Gasteiger partial charge on any atom is 0.261 e. The van der Waals surface area contributed by atoms with Gasteiger partial charge in [-0.15, -0.1) is 18.0 Å². The van der Waals surface area contributed by atoms with E-state index in [1.54, 1.807) is 23.8 Å². The molecule has 6 rings (SSSR count). The van der Waals surface area contributed by atoms with Crippen LogP contribution in [0.1, 0.15) is 64.5 Å². The fraction of sp³-hybridized carbons (Fsp3) is 0.409. The van der Waals surface area contributed by atoms with Crippen LogP contribution in [-0.2, 0) is 30.3 Å². The fourth-order valence-electron chi connectivity index (χ4n) is 7.03. The lowest BCUT2D eigenvalue weighted by Crippen LogP contribution is -2.47. The molecule has 3 aliphatic rings. The van der Waals surface area contributed by atoms with Crippen LogP contribution in [0.3, 0.4) is 0 Å². The molecule has 0 radical (unpaired) electrons. The molecule has 3 aromatic rings. The van der Waals surface area contributed by atoms with Crippen LogP contribution in [0, 0.1) is 25.1 Å². The predicted molar refractivity (Wildman–Crippen MR) is 233 cm³/mol. The molecule has 0 aromatic heterocycles. The van der Waals surface area contributed by atoms with Gasteiger partial charge in [0.2, 0.25) is 5.91 Å².